The van der Waals surface area contributed by atoms with Gasteiger partial charge in [-0.25, -0.2) is 9.18 Å². The molecule has 4 atom stereocenters. The predicted molar refractivity (Wildman–Crippen MR) is 102 cm³/mol. The molecule has 0 radical (unpaired) electrons. The van der Waals surface area contributed by atoms with E-state index in [2.05, 4.69) is 0 Å². The fourth-order valence-corrected chi connectivity index (χ4v) is 4.83. The van der Waals surface area contributed by atoms with Crippen molar-refractivity contribution in [1.29, 1.82) is 0 Å². The van der Waals surface area contributed by atoms with Crippen LogP contribution in [0.1, 0.15) is 17.2 Å². The van der Waals surface area contributed by atoms with Gasteiger partial charge in [0, 0.05) is 19.0 Å². The summed E-state index contributed by atoms with van der Waals surface area (Å²) >= 11 is 0. The molecule has 2 aliphatic rings. The molecule has 2 saturated heterocycles. The smallest absolute Gasteiger partial charge is 0.369 e. The van der Waals surface area contributed by atoms with Crippen molar-refractivity contribution >= 4 is 17.8 Å². The number of amides is 2. The zero-order valence-corrected chi connectivity index (χ0v) is 16.5. The second kappa shape index (κ2) is 7.21. The lowest BCUT2D eigenvalue weighted by molar-refractivity contribution is -0.734. The van der Waals surface area contributed by atoms with Crippen LogP contribution in [-0.4, -0.2) is 47.5 Å². The molecule has 0 spiro atoms. The molecule has 156 valence electrons. The highest BCUT2D eigenvalue weighted by atomic mass is 19.1. The number of imide groups is 1. The van der Waals surface area contributed by atoms with Crippen LogP contribution in [0.25, 0.3) is 0 Å². The maximum Gasteiger partial charge on any atom is 0.369 e. The quantitative estimate of drug-likeness (QED) is 0.563. The van der Waals surface area contributed by atoms with Crippen molar-refractivity contribution in [3.05, 3.63) is 65.5 Å². The number of fused-ring (bicyclic) bond motifs is 1. The number of likely N-dealkylation sites (tertiary alicyclic amines) is 1. The lowest BCUT2D eigenvalue weighted by Gasteiger charge is -2.29. The SMILES string of the molecule is COC(=O)[C@]1(Cc2ccc(O)cc2)[NH2+][C@@H](c2ccc(F)cc2)[C@H]2C(=O)N(C)C(=O)[C@H]21. The van der Waals surface area contributed by atoms with E-state index in [9.17, 15) is 23.9 Å². The topological polar surface area (TPSA) is 101 Å². The standard InChI is InChI=1S/C22H21FN2O5/c1-25-19(27)16-17(20(25)28)22(21(29)30-2,11-12-3-9-15(26)10-4-12)24-18(16)13-5-7-14(23)8-6-13/h3-10,16-18,24,26H,11H2,1-2H3/p+1/t16-,17-,18-,22+/m0/s1. The molecule has 2 aliphatic heterocycles. The number of rotatable bonds is 4. The second-order valence-electron chi connectivity index (χ2n) is 7.86. The van der Waals surface area contributed by atoms with E-state index in [0.29, 0.717) is 11.1 Å². The number of phenols is 1. The number of aromatic hydroxyl groups is 1. The Morgan fingerprint density at radius 1 is 1.13 bits per heavy atom. The van der Waals surface area contributed by atoms with Crippen LogP contribution in [0.4, 0.5) is 4.39 Å². The molecule has 7 nitrogen and oxygen atoms in total. The van der Waals surface area contributed by atoms with Gasteiger partial charge in [0.1, 0.15) is 29.4 Å². The number of esters is 1. The van der Waals surface area contributed by atoms with Crippen LogP contribution in [0.15, 0.2) is 48.5 Å². The molecule has 2 aromatic carbocycles. The van der Waals surface area contributed by atoms with Crippen molar-refractivity contribution in [2.45, 2.75) is 18.0 Å². The van der Waals surface area contributed by atoms with Gasteiger partial charge < -0.3 is 15.2 Å². The Hall–Kier alpha value is -3.26. The highest BCUT2D eigenvalue weighted by molar-refractivity contribution is 6.08. The first-order valence-electron chi connectivity index (χ1n) is 9.57. The van der Waals surface area contributed by atoms with Gasteiger partial charge in [-0.05, 0) is 29.8 Å². The molecule has 3 N–H and O–H groups in total. The minimum atomic E-state index is -1.37. The van der Waals surface area contributed by atoms with Crippen LogP contribution in [0.2, 0.25) is 0 Å². The molecular formula is C22H22FN2O5+. The Morgan fingerprint density at radius 3 is 2.37 bits per heavy atom. The maximum atomic E-state index is 13.5. The molecular weight excluding hydrogens is 391 g/mol. The molecule has 2 aromatic rings. The molecule has 0 aliphatic carbocycles. The number of halogens is 1. The molecule has 30 heavy (non-hydrogen) atoms. The van der Waals surface area contributed by atoms with Crippen LogP contribution < -0.4 is 5.32 Å². The molecule has 2 amide bonds. The van der Waals surface area contributed by atoms with Gasteiger partial charge in [-0.3, -0.25) is 14.5 Å². The summed E-state index contributed by atoms with van der Waals surface area (Å²) < 4.78 is 18.6. The number of nitrogens with zero attached hydrogens (tertiary/aromatic N) is 1. The van der Waals surface area contributed by atoms with Gasteiger partial charge in [-0.15, -0.1) is 0 Å². The maximum absolute atomic E-state index is 13.5. The summed E-state index contributed by atoms with van der Waals surface area (Å²) in [5, 5.41) is 11.3. The first kappa shape index (κ1) is 20.0. The molecule has 2 fully saturated rings. The Labute approximate surface area is 172 Å². The molecule has 0 saturated carbocycles. The van der Waals surface area contributed by atoms with Crippen LogP contribution in [0.5, 0.6) is 5.75 Å². The molecule has 2 heterocycles. The number of carbonyl (C=O) groups excluding carboxylic acids is 3. The Morgan fingerprint density at radius 2 is 1.77 bits per heavy atom. The summed E-state index contributed by atoms with van der Waals surface area (Å²) in [6.45, 7) is 0. The summed E-state index contributed by atoms with van der Waals surface area (Å²) in [5.41, 5.74) is -0.00506. The molecule has 0 bridgehead atoms. The summed E-state index contributed by atoms with van der Waals surface area (Å²) in [6.07, 6.45) is 0.131. The van der Waals surface area contributed by atoms with Crippen LogP contribution in [-0.2, 0) is 25.5 Å². The van der Waals surface area contributed by atoms with E-state index in [-0.39, 0.29) is 18.1 Å². The van der Waals surface area contributed by atoms with E-state index in [0.717, 1.165) is 4.90 Å². The monoisotopic (exact) mass is 413 g/mol. The van der Waals surface area contributed by atoms with E-state index in [4.69, 9.17) is 4.74 Å². The molecule has 8 heteroatoms. The van der Waals surface area contributed by atoms with Crippen molar-refractivity contribution < 1.29 is 33.9 Å². The average Bonchev–Trinajstić information content (AvgIpc) is 3.20. The van der Waals surface area contributed by atoms with Gasteiger partial charge in [-0.1, -0.05) is 24.3 Å². The third-order valence-corrected chi connectivity index (χ3v) is 6.24. The number of quaternary nitrogens is 1. The summed E-state index contributed by atoms with van der Waals surface area (Å²) in [6, 6.07) is 11.5. The van der Waals surface area contributed by atoms with Gasteiger partial charge in [0.2, 0.25) is 17.4 Å². The van der Waals surface area contributed by atoms with E-state index >= 15 is 0 Å². The van der Waals surface area contributed by atoms with Crippen LogP contribution in [0.3, 0.4) is 0 Å². The summed E-state index contributed by atoms with van der Waals surface area (Å²) in [4.78, 5) is 40.2. The minimum absolute atomic E-state index is 0.0789. The minimum Gasteiger partial charge on any atom is -0.508 e. The average molecular weight is 413 g/mol. The Kier molecular flexibility index (Phi) is 4.82. The van der Waals surface area contributed by atoms with Crippen molar-refractivity contribution in [1.82, 2.24) is 4.90 Å². The number of ether oxygens (including phenoxy) is 1. The summed E-state index contributed by atoms with van der Waals surface area (Å²) in [5.74, 6) is -3.44. The van der Waals surface area contributed by atoms with Crippen molar-refractivity contribution in [2.75, 3.05) is 14.2 Å². The number of carbonyl (C=O) groups is 3. The first-order chi connectivity index (χ1) is 14.3. The largest absolute Gasteiger partial charge is 0.508 e. The van der Waals surface area contributed by atoms with Gasteiger partial charge >= 0.3 is 5.97 Å². The highest BCUT2D eigenvalue weighted by Gasteiger charge is 2.71. The zero-order chi connectivity index (χ0) is 21.6. The number of hydrogen-bond donors (Lipinski definition) is 2. The fraction of sp³-hybridized carbons (Fsp3) is 0.318. The first-order valence-corrected chi connectivity index (χ1v) is 9.57. The number of methoxy groups -OCH3 is 1. The van der Waals surface area contributed by atoms with Crippen molar-refractivity contribution in [3.63, 3.8) is 0 Å². The van der Waals surface area contributed by atoms with E-state index in [1.807, 2.05) is 0 Å². The Bertz CT molecular complexity index is 1010. The molecule has 0 aromatic heterocycles. The third-order valence-electron chi connectivity index (χ3n) is 6.24. The van der Waals surface area contributed by atoms with Gasteiger partial charge in [0.15, 0.2) is 0 Å². The van der Waals surface area contributed by atoms with Crippen molar-refractivity contribution in [2.24, 2.45) is 11.8 Å². The number of benzene rings is 2. The number of nitrogens with two attached hydrogens (primary N) is 1. The molecule has 4 rings (SSSR count). The second-order valence-corrected chi connectivity index (χ2v) is 7.86. The summed E-state index contributed by atoms with van der Waals surface area (Å²) in [7, 11) is 2.66. The van der Waals surface area contributed by atoms with Gasteiger partial charge in [0.05, 0.1) is 7.11 Å². The highest BCUT2D eigenvalue weighted by Crippen LogP contribution is 2.45. The van der Waals surface area contributed by atoms with E-state index in [1.165, 1.54) is 38.4 Å². The lowest BCUT2D eigenvalue weighted by Crippen LogP contribution is -2.98. The fourth-order valence-electron chi connectivity index (χ4n) is 4.83. The lowest BCUT2D eigenvalue weighted by atomic mass is 9.76. The molecule has 0 unspecified atom stereocenters. The van der Waals surface area contributed by atoms with Gasteiger partial charge in [0.25, 0.3) is 0 Å². The van der Waals surface area contributed by atoms with E-state index < -0.39 is 41.1 Å². The normalized spacial score (nSPS) is 28.0. The van der Waals surface area contributed by atoms with E-state index in [1.54, 1.807) is 29.6 Å². The Balaban J connectivity index is 1.84. The van der Waals surface area contributed by atoms with Crippen LogP contribution in [0, 0.1) is 17.7 Å². The van der Waals surface area contributed by atoms with Gasteiger partial charge in [-0.2, -0.15) is 0 Å². The van der Waals surface area contributed by atoms with Crippen molar-refractivity contribution in [3.8, 4) is 5.75 Å². The third kappa shape index (κ3) is 2.95. The number of phenolic OH excluding ortho intramolecular Hbond substituents is 1. The zero-order valence-electron chi connectivity index (χ0n) is 16.5. The predicted octanol–water partition coefficient (Wildman–Crippen LogP) is 0.535. The van der Waals surface area contributed by atoms with Crippen LogP contribution >= 0.6 is 0 Å². The number of hydrogen-bond acceptors (Lipinski definition) is 5.